The number of nitrogens with zero attached hydrogens (tertiary/aromatic N) is 1. The van der Waals surface area contributed by atoms with E-state index in [-0.39, 0.29) is 6.61 Å². The van der Waals surface area contributed by atoms with Crippen LogP contribution in [0.1, 0.15) is 15.2 Å². The van der Waals surface area contributed by atoms with Gasteiger partial charge in [0.15, 0.2) is 18.1 Å². The number of nitrogen functional groups attached to an aromatic ring is 1. The normalized spacial score (nSPS) is 10.7. The third-order valence-corrected chi connectivity index (χ3v) is 5.16. The molecule has 0 bridgehead atoms. The van der Waals surface area contributed by atoms with E-state index in [4.69, 9.17) is 20.9 Å². The molecule has 0 fully saturated rings. The summed E-state index contributed by atoms with van der Waals surface area (Å²) in [5.74, 6) is -0.236. The van der Waals surface area contributed by atoms with E-state index in [1.165, 1.54) is 24.7 Å². The van der Waals surface area contributed by atoms with Gasteiger partial charge in [0.2, 0.25) is 0 Å². The molecular weight excluding hydrogens is 404 g/mol. The molecule has 154 valence electrons. The Balaban J connectivity index is 1.69. The van der Waals surface area contributed by atoms with E-state index < -0.39 is 11.8 Å². The van der Waals surface area contributed by atoms with Gasteiger partial charge in [-0.25, -0.2) is 5.43 Å². The van der Waals surface area contributed by atoms with Gasteiger partial charge in [-0.15, -0.1) is 11.3 Å². The van der Waals surface area contributed by atoms with Crippen molar-refractivity contribution in [2.75, 3.05) is 19.5 Å². The van der Waals surface area contributed by atoms with Crippen molar-refractivity contribution in [1.82, 2.24) is 5.43 Å². The first kappa shape index (κ1) is 20.9. The standard InChI is InChI=1S/C21H20N4O4S/c1-28-16-8-7-13(9-17(16)29-12-19(23)26)11-24-25-21(27)20-15(22)10-18(30-20)14-5-3-2-4-6-14/h2-11H,12,22H2,1H3,(H2,23,26)(H,25,27)/b24-11-. The maximum atomic E-state index is 12.5. The molecule has 0 saturated carbocycles. The quantitative estimate of drug-likeness (QED) is 0.378. The third kappa shape index (κ3) is 5.15. The zero-order valence-corrected chi connectivity index (χ0v) is 16.9. The number of nitrogens with two attached hydrogens (primary N) is 2. The molecule has 0 spiro atoms. The minimum atomic E-state index is -0.605. The zero-order valence-electron chi connectivity index (χ0n) is 16.1. The van der Waals surface area contributed by atoms with E-state index in [9.17, 15) is 9.59 Å². The highest BCUT2D eigenvalue weighted by Gasteiger charge is 2.15. The van der Waals surface area contributed by atoms with Crippen LogP contribution in [0.25, 0.3) is 10.4 Å². The van der Waals surface area contributed by atoms with Crippen LogP contribution in [0.3, 0.4) is 0 Å². The van der Waals surface area contributed by atoms with Crippen LogP contribution in [0.4, 0.5) is 5.69 Å². The van der Waals surface area contributed by atoms with E-state index in [1.54, 1.807) is 24.3 Å². The second-order valence-electron chi connectivity index (χ2n) is 6.13. The molecule has 9 heteroatoms. The van der Waals surface area contributed by atoms with Gasteiger partial charge < -0.3 is 20.9 Å². The van der Waals surface area contributed by atoms with Crippen molar-refractivity contribution in [2.45, 2.75) is 0 Å². The summed E-state index contributed by atoms with van der Waals surface area (Å²) in [5.41, 5.74) is 15.6. The Morgan fingerprint density at radius 1 is 1.13 bits per heavy atom. The van der Waals surface area contributed by atoms with Gasteiger partial charge in [0, 0.05) is 4.88 Å². The van der Waals surface area contributed by atoms with Crippen LogP contribution in [0.2, 0.25) is 0 Å². The molecule has 0 aliphatic rings. The fraction of sp³-hybridized carbons (Fsp3) is 0.0952. The van der Waals surface area contributed by atoms with Crippen molar-refractivity contribution >= 4 is 35.1 Å². The van der Waals surface area contributed by atoms with Crippen LogP contribution >= 0.6 is 11.3 Å². The first-order valence-electron chi connectivity index (χ1n) is 8.85. The number of nitrogens with one attached hydrogen (secondary N) is 1. The van der Waals surface area contributed by atoms with E-state index in [0.29, 0.717) is 27.6 Å². The van der Waals surface area contributed by atoms with Gasteiger partial charge in [0.25, 0.3) is 11.8 Å². The predicted molar refractivity (Wildman–Crippen MR) is 117 cm³/mol. The van der Waals surface area contributed by atoms with Gasteiger partial charge in [0.05, 0.1) is 19.0 Å². The Bertz CT molecular complexity index is 1080. The minimum Gasteiger partial charge on any atom is -0.493 e. The summed E-state index contributed by atoms with van der Waals surface area (Å²) in [5, 5.41) is 3.97. The summed E-state index contributed by atoms with van der Waals surface area (Å²) < 4.78 is 10.5. The summed E-state index contributed by atoms with van der Waals surface area (Å²) in [4.78, 5) is 24.7. The van der Waals surface area contributed by atoms with Gasteiger partial charge >= 0.3 is 0 Å². The predicted octanol–water partition coefficient (Wildman–Crippen LogP) is 2.63. The maximum absolute atomic E-state index is 12.5. The topological polar surface area (TPSA) is 129 Å². The number of thiophene rings is 1. The van der Waals surface area contributed by atoms with E-state index in [2.05, 4.69) is 10.5 Å². The van der Waals surface area contributed by atoms with Gasteiger partial charge in [-0.1, -0.05) is 30.3 Å². The summed E-state index contributed by atoms with van der Waals surface area (Å²) in [6.45, 7) is -0.283. The van der Waals surface area contributed by atoms with E-state index in [0.717, 1.165) is 10.4 Å². The van der Waals surface area contributed by atoms with Gasteiger partial charge in [-0.05, 0) is 35.4 Å². The molecule has 0 radical (unpaired) electrons. The zero-order chi connectivity index (χ0) is 21.5. The Kier molecular flexibility index (Phi) is 6.66. The SMILES string of the molecule is COc1ccc(/C=N\NC(=O)c2sc(-c3ccccc3)cc2N)cc1OCC(N)=O. The second-order valence-corrected chi connectivity index (χ2v) is 7.18. The number of hydrogen-bond acceptors (Lipinski definition) is 7. The fourth-order valence-electron chi connectivity index (χ4n) is 2.58. The highest BCUT2D eigenvalue weighted by Crippen LogP contribution is 2.33. The number of amides is 2. The molecule has 1 heterocycles. The average Bonchev–Trinajstić information content (AvgIpc) is 3.14. The number of primary amides is 1. The molecule has 0 aliphatic heterocycles. The van der Waals surface area contributed by atoms with Crippen LogP contribution in [0, 0.1) is 0 Å². The summed E-state index contributed by atoms with van der Waals surface area (Å²) in [6, 6.07) is 16.4. The lowest BCUT2D eigenvalue weighted by atomic mass is 10.2. The van der Waals surface area contributed by atoms with Crippen molar-refractivity contribution in [2.24, 2.45) is 10.8 Å². The number of anilines is 1. The molecule has 3 rings (SSSR count). The highest BCUT2D eigenvalue weighted by atomic mass is 32.1. The number of rotatable bonds is 8. The first-order chi connectivity index (χ1) is 14.5. The van der Waals surface area contributed by atoms with Crippen LogP contribution in [-0.4, -0.2) is 31.7 Å². The molecule has 5 N–H and O–H groups in total. The van der Waals surface area contributed by atoms with Crippen molar-refractivity contribution in [1.29, 1.82) is 0 Å². The molecule has 0 saturated heterocycles. The molecule has 2 aromatic carbocycles. The minimum absolute atomic E-state index is 0.283. The number of carbonyl (C=O) groups excluding carboxylic acids is 2. The van der Waals surface area contributed by atoms with E-state index in [1.807, 2.05) is 30.3 Å². The molecule has 0 unspecified atom stereocenters. The lowest BCUT2D eigenvalue weighted by molar-refractivity contribution is -0.119. The van der Waals surface area contributed by atoms with Crippen LogP contribution in [0.15, 0.2) is 59.7 Å². The number of hydrazone groups is 1. The Morgan fingerprint density at radius 2 is 1.90 bits per heavy atom. The molecule has 1 aromatic heterocycles. The molecule has 2 amide bonds. The molecule has 0 aliphatic carbocycles. The number of hydrogen-bond donors (Lipinski definition) is 3. The molecule has 30 heavy (non-hydrogen) atoms. The smallest absolute Gasteiger partial charge is 0.283 e. The van der Waals surface area contributed by atoms with Crippen LogP contribution in [-0.2, 0) is 4.79 Å². The summed E-state index contributed by atoms with van der Waals surface area (Å²) in [7, 11) is 1.48. The number of methoxy groups -OCH3 is 1. The van der Waals surface area contributed by atoms with Crippen molar-refractivity contribution in [3.8, 4) is 21.9 Å². The lowest BCUT2D eigenvalue weighted by Gasteiger charge is -2.09. The molecule has 8 nitrogen and oxygen atoms in total. The maximum Gasteiger partial charge on any atom is 0.283 e. The highest BCUT2D eigenvalue weighted by molar-refractivity contribution is 7.18. The molecular formula is C21H20N4O4S. The number of carbonyl (C=O) groups is 2. The Labute approximate surface area is 177 Å². The van der Waals surface area contributed by atoms with E-state index >= 15 is 0 Å². The fourth-order valence-corrected chi connectivity index (χ4v) is 3.55. The summed E-state index contributed by atoms with van der Waals surface area (Å²) >= 11 is 1.29. The van der Waals surface area contributed by atoms with Crippen LogP contribution in [0.5, 0.6) is 11.5 Å². The average molecular weight is 424 g/mol. The van der Waals surface area contributed by atoms with Gasteiger partial charge in [0.1, 0.15) is 4.88 Å². The molecule has 0 atom stereocenters. The Hall–Kier alpha value is -3.85. The number of ether oxygens (including phenoxy) is 2. The lowest BCUT2D eigenvalue weighted by Crippen LogP contribution is -2.20. The number of benzene rings is 2. The Morgan fingerprint density at radius 3 is 2.60 bits per heavy atom. The van der Waals surface area contributed by atoms with Crippen molar-refractivity contribution < 1.29 is 19.1 Å². The van der Waals surface area contributed by atoms with Crippen LogP contribution < -0.4 is 26.4 Å². The first-order valence-corrected chi connectivity index (χ1v) is 9.67. The van der Waals surface area contributed by atoms with Crippen molar-refractivity contribution in [3.63, 3.8) is 0 Å². The monoisotopic (exact) mass is 424 g/mol. The summed E-state index contributed by atoms with van der Waals surface area (Å²) in [6.07, 6.45) is 1.44. The van der Waals surface area contributed by atoms with Gasteiger partial charge in [-0.3, -0.25) is 9.59 Å². The third-order valence-electron chi connectivity index (χ3n) is 3.96. The van der Waals surface area contributed by atoms with Crippen molar-refractivity contribution in [3.05, 3.63) is 65.0 Å². The largest absolute Gasteiger partial charge is 0.493 e. The molecule has 3 aromatic rings. The van der Waals surface area contributed by atoms with Gasteiger partial charge in [-0.2, -0.15) is 5.10 Å². The second kappa shape index (κ2) is 9.57.